The number of phenolic OH excluding ortho intramolecular Hbond substituents is 1. The number of hydrogen-bond donors (Lipinski definition) is 2. The van der Waals surface area contributed by atoms with Gasteiger partial charge in [-0.3, -0.25) is 5.32 Å². The van der Waals surface area contributed by atoms with Crippen LogP contribution in [0.1, 0.15) is 17.2 Å². The van der Waals surface area contributed by atoms with Crippen LogP contribution in [0.3, 0.4) is 0 Å². The molecular weight excluding hydrogens is 372 g/mol. The first-order chi connectivity index (χ1) is 11.6. The second-order valence-electron chi connectivity index (χ2n) is 5.16. The molecule has 0 spiro atoms. The molecule has 0 heterocycles. The van der Waals surface area contributed by atoms with E-state index < -0.39 is 6.04 Å². The van der Waals surface area contributed by atoms with E-state index in [9.17, 15) is 10.4 Å². The lowest BCUT2D eigenvalue weighted by molar-refractivity contribution is 0.354. The van der Waals surface area contributed by atoms with Gasteiger partial charge >= 0.3 is 0 Å². The molecule has 1 atom stereocenters. The van der Waals surface area contributed by atoms with E-state index in [-0.39, 0.29) is 5.75 Å². The van der Waals surface area contributed by atoms with Crippen molar-refractivity contribution in [2.75, 3.05) is 20.8 Å². The number of rotatable bonds is 7. The first-order valence-corrected chi connectivity index (χ1v) is 8.20. The standard InChI is InChI=1S/C18H19BrN2O3/c1-23-17-6-3-12(9-18(17)24-2)7-8-21-15(11-20)14-10-13(19)4-5-16(14)22/h3-6,9-10,15,21-22H,7-8H2,1-2H3/t15-/m0/s1. The highest BCUT2D eigenvalue weighted by Crippen LogP contribution is 2.29. The average molecular weight is 391 g/mol. The minimum absolute atomic E-state index is 0.100. The molecule has 0 bridgehead atoms. The lowest BCUT2D eigenvalue weighted by Gasteiger charge is -2.14. The molecule has 0 aliphatic heterocycles. The summed E-state index contributed by atoms with van der Waals surface area (Å²) in [6.07, 6.45) is 0.716. The van der Waals surface area contributed by atoms with Crippen LogP contribution in [0, 0.1) is 11.3 Å². The Bertz CT molecular complexity index is 744. The highest BCUT2D eigenvalue weighted by molar-refractivity contribution is 9.10. The van der Waals surface area contributed by atoms with E-state index in [1.54, 1.807) is 32.4 Å². The Hall–Kier alpha value is -2.23. The number of methoxy groups -OCH3 is 2. The molecule has 5 nitrogen and oxygen atoms in total. The van der Waals surface area contributed by atoms with Gasteiger partial charge in [0, 0.05) is 16.6 Å². The molecule has 0 aliphatic carbocycles. The SMILES string of the molecule is COc1ccc(CCN[C@@H](C#N)c2cc(Br)ccc2O)cc1OC. The quantitative estimate of drug-likeness (QED) is 0.755. The topological polar surface area (TPSA) is 74.5 Å². The number of nitrogens with one attached hydrogen (secondary N) is 1. The number of aromatic hydroxyl groups is 1. The maximum Gasteiger partial charge on any atom is 0.160 e. The van der Waals surface area contributed by atoms with Crippen LogP contribution in [0.4, 0.5) is 0 Å². The molecule has 2 rings (SSSR count). The van der Waals surface area contributed by atoms with Gasteiger partial charge in [0.2, 0.25) is 0 Å². The smallest absolute Gasteiger partial charge is 0.160 e. The number of phenols is 1. The van der Waals surface area contributed by atoms with Gasteiger partial charge in [-0.05, 0) is 42.3 Å². The van der Waals surface area contributed by atoms with E-state index in [2.05, 4.69) is 27.3 Å². The van der Waals surface area contributed by atoms with Crippen molar-refractivity contribution in [1.82, 2.24) is 5.32 Å². The zero-order chi connectivity index (χ0) is 17.5. The number of nitriles is 1. The third kappa shape index (κ3) is 4.40. The first-order valence-electron chi connectivity index (χ1n) is 7.41. The first kappa shape index (κ1) is 18.1. The summed E-state index contributed by atoms with van der Waals surface area (Å²) in [5, 5.41) is 22.5. The van der Waals surface area contributed by atoms with Gasteiger partial charge in [-0.15, -0.1) is 0 Å². The molecule has 0 aromatic heterocycles. The van der Waals surface area contributed by atoms with Crippen molar-refractivity contribution in [2.45, 2.75) is 12.5 Å². The molecule has 0 unspecified atom stereocenters. The van der Waals surface area contributed by atoms with E-state index in [0.29, 0.717) is 30.0 Å². The van der Waals surface area contributed by atoms with Crippen LogP contribution in [-0.4, -0.2) is 25.9 Å². The zero-order valence-electron chi connectivity index (χ0n) is 13.5. The summed E-state index contributed by atoms with van der Waals surface area (Å²) in [6.45, 7) is 0.583. The Morgan fingerprint density at radius 3 is 2.58 bits per heavy atom. The predicted molar refractivity (Wildman–Crippen MR) is 95.4 cm³/mol. The summed E-state index contributed by atoms with van der Waals surface area (Å²) in [5.41, 5.74) is 1.62. The zero-order valence-corrected chi connectivity index (χ0v) is 15.1. The van der Waals surface area contributed by atoms with E-state index >= 15 is 0 Å². The fourth-order valence-corrected chi connectivity index (χ4v) is 2.76. The lowest BCUT2D eigenvalue weighted by Crippen LogP contribution is -2.22. The van der Waals surface area contributed by atoms with Gasteiger partial charge in [0.1, 0.15) is 11.8 Å². The highest BCUT2D eigenvalue weighted by atomic mass is 79.9. The van der Waals surface area contributed by atoms with Crippen molar-refractivity contribution in [2.24, 2.45) is 0 Å². The molecule has 2 aromatic rings. The van der Waals surface area contributed by atoms with Crippen LogP contribution in [0.5, 0.6) is 17.2 Å². The molecule has 6 heteroatoms. The molecular formula is C18H19BrN2O3. The van der Waals surface area contributed by atoms with E-state index in [0.717, 1.165) is 10.0 Å². The summed E-state index contributed by atoms with van der Waals surface area (Å²) in [7, 11) is 3.20. The second-order valence-corrected chi connectivity index (χ2v) is 6.07. The number of hydrogen-bond acceptors (Lipinski definition) is 5. The molecule has 24 heavy (non-hydrogen) atoms. The summed E-state index contributed by atoms with van der Waals surface area (Å²) in [4.78, 5) is 0. The van der Waals surface area contributed by atoms with Crippen molar-refractivity contribution >= 4 is 15.9 Å². The summed E-state index contributed by atoms with van der Waals surface area (Å²) >= 11 is 3.35. The van der Waals surface area contributed by atoms with Crippen molar-refractivity contribution in [1.29, 1.82) is 5.26 Å². The highest BCUT2D eigenvalue weighted by Gasteiger charge is 2.14. The van der Waals surface area contributed by atoms with Gasteiger partial charge in [-0.2, -0.15) is 5.26 Å². The Labute approximate surface area is 150 Å². The van der Waals surface area contributed by atoms with Crippen molar-refractivity contribution < 1.29 is 14.6 Å². The van der Waals surface area contributed by atoms with E-state index in [1.165, 1.54) is 0 Å². The van der Waals surface area contributed by atoms with E-state index in [4.69, 9.17) is 9.47 Å². The maximum atomic E-state index is 9.94. The Kier molecular flexibility index (Phi) is 6.47. The third-order valence-corrected chi connectivity index (χ3v) is 4.13. The third-order valence-electron chi connectivity index (χ3n) is 3.64. The van der Waals surface area contributed by atoms with Crippen LogP contribution < -0.4 is 14.8 Å². The normalized spacial score (nSPS) is 11.6. The lowest BCUT2D eigenvalue weighted by atomic mass is 10.1. The number of ether oxygens (including phenoxy) is 2. The van der Waals surface area contributed by atoms with Gasteiger partial charge in [0.05, 0.1) is 20.3 Å². The fraction of sp³-hybridized carbons (Fsp3) is 0.278. The molecule has 126 valence electrons. The monoisotopic (exact) mass is 390 g/mol. The van der Waals surface area contributed by atoms with Crippen molar-refractivity contribution in [3.05, 3.63) is 52.0 Å². The predicted octanol–water partition coefficient (Wildman–Crippen LogP) is 3.57. The average Bonchev–Trinajstić information content (AvgIpc) is 2.61. The van der Waals surface area contributed by atoms with Crippen LogP contribution in [-0.2, 0) is 6.42 Å². The van der Waals surface area contributed by atoms with Gasteiger partial charge in [0.15, 0.2) is 11.5 Å². The maximum absolute atomic E-state index is 9.94. The van der Waals surface area contributed by atoms with Crippen molar-refractivity contribution in [3.8, 4) is 23.3 Å². The van der Waals surface area contributed by atoms with E-state index in [1.807, 2.05) is 18.2 Å². The molecule has 0 radical (unpaired) electrons. The molecule has 2 N–H and O–H groups in total. The molecule has 2 aromatic carbocycles. The fourth-order valence-electron chi connectivity index (χ4n) is 2.38. The Morgan fingerprint density at radius 2 is 1.92 bits per heavy atom. The summed E-state index contributed by atoms with van der Waals surface area (Å²) in [5.74, 6) is 1.46. The number of halogens is 1. The molecule has 0 amide bonds. The van der Waals surface area contributed by atoms with Crippen LogP contribution in [0.2, 0.25) is 0 Å². The van der Waals surface area contributed by atoms with Crippen LogP contribution >= 0.6 is 15.9 Å². The van der Waals surface area contributed by atoms with Crippen LogP contribution in [0.25, 0.3) is 0 Å². The summed E-state index contributed by atoms with van der Waals surface area (Å²) < 4.78 is 11.3. The largest absolute Gasteiger partial charge is 0.508 e. The number of benzene rings is 2. The number of nitrogens with zero attached hydrogens (tertiary/aromatic N) is 1. The van der Waals surface area contributed by atoms with Gasteiger partial charge < -0.3 is 14.6 Å². The van der Waals surface area contributed by atoms with Crippen molar-refractivity contribution in [3.63, 3.8) is 0 Å². The minimum Gasteiger partial charge on any atom is -0.508 e. The molecule has 0 fully saturated rings. The summed E-state index contributed by atoms with van der Waals surface area (Å²) in [6, 6.07) is 12.4. The minimum atomic E-state index is -0.581. The second kappa shape index (κ2) is 8.57. The molecule has 0 saturated heterocycles. The van der Waals surface area contributed by atoms with Gasteiger partial charge in [0.25, 0.3) is 0 Å². The molecule has 0 aliphatic rings. The Morgan fingerprint density at radius 1 is 1.17 bits per heavy atom. The van der Waals surface area contributed by atoms with Crippen LogP contribution in [0.15, 0.2) is 40.9 Å². The van der Waals surface area contributed by atoms with Gasteiger partial charge in [-0.25, -0.2) is 0 Å². The molecule has 0 saturated carbocycles. The Balaban J connectivity index is 2.02. The van der Waals surface area contributed by atoms with Gasteiger partial charge in [-0.1, -0.05) is 22.0 Å².